The monoisotopic (exact) mass is 470 g/mol. The lowest BCUT2D eigenvalue weighted by molar-refractivity contribution is -0.385. The molecule has 1 saturated heterocycles. The van der Waals surface area contributed by atoms with Gasteiger partial charge in [-0.15, -0.1) is 0 Å². The number of nitrogens with zero attached hydrogens (tertiary/aromatic N) is 2. The number of aryl methyl sites for hydroxylation is 1. The summed E-state index contributed by atoms with van der Waals surface area (Å²) in [7, 11) is 1.42. The van der Waals surface area contributed by atoms with Gasteiger partial charge in [-0.2, -0.15) is 0 Å². The van der Waals surface area contributed by atoms with Crippen molar-refractivity contribution >= 4 is 23.3 Å². The standard InChI is InChI=1S/C24H30N4O6/c1-4-34-22-13-20(28(31)32)19(12-21(22)33-3)23(29)27-11-5-6-17(15-27)14-25-24(30)26-18-9-7-16(2)8-10-18/h7-10,12-13,17H,4-6,11,14-15H2,1-3H3,(H2,25,26,30). The highest BCUT2D eigenvalue weighted by atomic mass is 16.6. The fourth-order valence-electron chi connectivity index (χ4n) is 3.94. The first kappa shape index (κ1) is 24.8. The predicted octanol–water partition coefficient (Wildman–Crippen LogP) is 3.98. The Kier molecular flexibility index (Phi) is 8.29. The molecule has 2 aromatic rings. The fourth-order valence-corrected chi connectivity index (χ4v) is 3.94. The number of piperidine rings is 1. The Hall–Kier alpha value is -3.82. The molecule has 0 aromatic heterocycles. The molecule has 1 heterocycles. The average Bonchev–Trinajstić information content (AvgIpc) is 2.83. The van der Waals surface area contributed by atoms with Crippen LogP contribution in [0.5, 0.6) is 11.5 Å². The molecule has 2 N–H and O–H groups in total. The number of amides is 3. The van der Waals surface area contributed by atoms with Gasteiger partial charge in [-0.25, -0.2) is 4.79 Å². The maximum Gasteiger partial charge on any atom is 0.319 e. The second-order valence-electron chi connectivity index (χ2n) is 8.17. The summed E-state index contributed by atoms with van der Waals surface area (Å²) in [5.74, 6) is 0.0688. The molecule has 2 aromatic carbocycles. The number of nitro benzene ring substituents is 1. The highest BCUT2D eigenvalue weighted by Gasteiger charge is 2.31. The molecule has 1 aliphatic heterocycles. The summed E-state index contributed by atoms with van der Waals surface area (Å²) >= 11 is 0. The summed E-state index contributed by atoms with van der Waals surface area (Å²) in [5, 5.41) is 17.3. The number of likely N-dealkylation sites (tertiary alicyclic amines) is 1. The van der Waals surface area contributed by atoms with E-state index in [1.165, 1.54) is 19.2 Å². The normalized spacial score (nSPS) is 15.4. The summed E-state index contributed by atoms with van der Waals surface area (Å²) < 4.78 is 10.7. The number of benzene rings is 2. The van der Waals surface area contributed by atoms with Crippen LogP contribution in [0, 0.1) is 23.0 Å². The van der Waals surface area contributed by atoms with Crippen LogP contribution < -0.4 is 20.1 Å². The molecule has 182 valence electrons. The number of hydrogen-bond donors (Lipinski definition) is 2. The Labute approximate surface area is 198 Å². The zero-order valence-electron chi connectivity index (χ0n) is 19.6. The summed E-state index contributed by atoms with van der Waals surface area (Å²) in [5.41, 5.74) is 1.42. The second-order valence-corrected chi connectivity index (χ2v) is 8.17. The number of ether oxygens (including phenoxy) is 2. The van der Waals surface area contributed by atoms with Crippen LogP contribution in [-0.2, 0) is 0 Å². The average molecular weight is 471 g/mol. The lowest BCUT2D eigenvalue weighted by Crippen LogP contribution is -2.44. The Bertz CT molecular complexity index is 1040. The van der Waals surface area contributed by atoms with E-state index >= 15 is 0 Å². The number of rotatable bonds is 8. The van der Waals surface area contributed by atoms with E-state index in [0.29, 0.717) is 31.9 Å². The van der Waals surface area contributed by atoms with E-state index < -0.39 is 10.8 Å². The zero-order chi connectivity index (χ0) is 24.7. The van der Waals surface area contributed by atoms with Gasteiger partial charge < -0.3 is 25.0 Å². The molecule has 0 aliphatic carbocycles. The topological polar surface area (TPSA) is 123 Å². The third-order valence-electron chi connectivity index (χ3n) is 5.68. The molecule has 1 unspecified atom stereocenters. The molecule has 0 saturated carbocycles. The van der Waals surface area contributed by atoms with Crippen LogP contribution in [0.2, 0.25) is 0 Å². The van der Waals surface area contributed by atoms with E-state index in [4.69, 9.17) is 9.47 Å². The second kappa shape index (κ2) is 11.4. The maximum absolute atomic E-state index is 13.2. The number of methoxy groups -OCH3 is 1. The van der Waals surface area contributed by atoms with Crippen molar-refractivity contribution in [2.45, 2.75) is 26.7 Å². The van der Waals surface area contributed by atoms with Crippen molar-refractivity contribution in [2.24, 2.45) is 5.92 Å². The molecule has 1 aliphatic rings. The summed E-state index contributed by atoms with van der Waals surface area (Å²) in [6, 6.07) is 9.75. The SMILES string of the molecule is CCOc1cc([N+](=O)[O-])c(C(=O)N2CCCC(CNC(=O)Nc3ccc(C)cc3)C2)cc1OC. The van der Waals surface area contributed by atoms with Crippen molar-refractivity contribution < 1.29 is 24.0 Å². The quantitative estimate of drug-likeness (QED) is 0.444. The van der Waals surface area contributed by atoms with E-state index in [-0.39, 0.29) is 34.7 Å². The summed E-state index contributed by atoms with van der Waals surface area (Å²) in [4.78, 5) is 38.2. The summed E-state index contributed by atoms with van der Waals surface area (Å²) in [6.45, 7) is 5.29. The van der Waals surface area contributed by atoms with Crippen LogP contribution in [0.25, 0.3) is 0 Å². The minimum atomic E-state index is -0.590. The van der Waals surface area contributed by atoms with Gasteiger partial charge in [0, 0.05) is 31.4 Å². The van der Waals surface area contributed by atoms with Crippen LogP contribution in [0.1, 0.15) is 35.7 Å². The van der Waals surface area contributed by atoms with Crippen molar-refractivity contribution in [3.63, 3.8) is 0 Å². The van der Waals surface area contributed by atoms with E-state index in [2.05, 4.69) is 10.6 Å². The minimum absolute atomic E-state index is 0.0325. The number of carbonyl (C=O) groups excluding carboxylic acids is 2. The first-order chi connectivity index (χ1) is 16.3. The molecular formula is C24H30N4O6. The molecule has 0 radical (unpaired) electrons. The number of carbonyl (C=O) groups is 2. The summed E-state index contributed by atoms with van der Waals surface area (Å²) in [6.07, 6.45) is 1.57. The van der Waals surface area contributed by atoms with Crippen LogP contribution in [0.4, 0.5) is 16.2 Å². The van der Waals surface area contributed by atoms with E-state index in [1.54, 1.807) is 11.8 Å². The Morgan fingerprint density at radius 2 is 1.94 bits per heavy atom. The number of hydrogen-bond acceptors (Lipinski definition) is 6. The first-order valence-electron chi connectivity index (χ1n) is 11.2. The van der Waals surface area contributed by atoms with Gasteiger partial charge in [-0.05, 0) is 44.7 Å². The van der Waals surface area contributed by atoms with Gasteiger partial charge in [0.2, 0.25) is 0 Å². The molecule has 0 spiro atoms. The van der Waals surface area contributed by atoms with Crippen molar-refractivity contribution in [3.05, 3.63) is 57.6 Å². The van der Waals surface area contributed by atoms with E-state index in [1.807, 2.05) is 31.2 Å². The van der Waals surface area contributed by atoms with Crippen molar-refractivity contribution in [3.8, 4) is 11.5 Å². The third-order valence-corrected chi connectivity index (χ3v) is 5.68. The number of urea groups is 1. The van der Waals surface area contributed by atoms with Crippen LogP contribution >= 0.6 is 0 Å². The van der Waals surface area contributed by atoms with Crippen molar-refractivity contribution in [2.75, 3.05) is 38.7 Å². The van der Waals surface area contributed by atoms with Gasteiger partial charge in [-0.1, -0.05) is 17.7 Å². The Balaban J connectivity index is 1.66. The van der Waals surface area contributed by atoms with Gasteiger partial charge >= 0.3 is 6.03 Å². The molecule has 34 heavy (non-hydrogen) atoms. The maximum atomic E-state index is 13.2. The van der Waals surface area contributed by atoms with Crippen LogP contribution in [0.15, 0.2) is 36.4 Å². The third kappa shape index (κ3) is 6.15. The fraction of sp³-hybridized carbons (Fsp3) is 0.417. The lowest BCUT2D eigenvalue weighted by atomic mass is 9.97. The largest absolute Gasteiger partial charge is 0.493 e. The van der Waals surface area contributed by atoms with Crippen LogP contribution in [-0.4, -0.2) is 55.1 Å². The molecule has 10 nitrogen and oxygen atoms in total. The smallest absolute Gasteiger partial charge is 0.319 e. The molecular weight excluding hydrogens is 440 g/mol. The van der Waals surface area contributed by atoms with E-state index in [0.717, 1.165) is 18.4 Å². The number of nitrogens with one attached hydrogen (secondary N) is 2. The van der Waals surface area contributed by atoms with Crippen molar-refractivity contribution in [1.29, 1.82) is 0 Å². The Morgan fingerprint density at radius 3 is 2.59 bits per heavy atom. The Morgan fingerprint density at radius 1 is 1.21 bits per heavy atom. The van der Waals surface area contributed by atoms with Gasteiger partial charge in [0.15, 0.2) is 11.5 Å². The minimum Gasteiger partial charge on any atom is -0.493 e. The predicted molar refractivity (Wildman–Crippen MR) is 128 cm³/mol. The molecule has 10 heteroatoms. The molecule has 1 atom stereocenters. The number of anilines is 1. The van der Waals surface area contributed by atoms with Crippen LogP contribution in [0.3, 0.4) is 0 Å². The van der Waals surface area contributed by atoms with Gasteiger partial charge in [0.1, 0.15) is 5.56 Å². The lowest BCUT2D eigenvalue weighted by Gasteiger charge is -2.33. The molecule has 3 rings (SSSR count). The number of nitro groups is 1. The van der Waals surface area contributed by atoms with E-state index in [9.17, 15) is 19.7 Å². The highest BCUT2D eigenvalue weighted by molar-refractivity contribution is 5.99. The molecule has 1 fully saturated rings. The molecule has 3 amide bonds. The van der Waals surface area contributed by atoms with Crippen molar-refractivity contribution in [1.82, 2.24) is 10.2 Å². The highest BCUT2D eigenvalue weighted by Crippen LogP contribution is 2.36. The molecule has 0 bridgehead atoms. The zero-order valence-corrected chi connectivity index (χ0v) is 19.6. The van der Waals surface area contributed by atoms with Gasteiger partial charge in [-0.3, -0.25) is 14.9 Å². The van der Waals surface area contributed by atoms with Gasteiger partial charge in [0.25, 0.3) is 11.6 Å². The van der Waals surface area contributed by atoms with Gasteiger partial charge in [0.05, 0.1) is 24.7 Å². The first-order valence-corrected chi connectivity index (χ1v) is 11.2.